The number of aromatic nitrogens is 2. The van der Waals surface area contributed by atoms with E-state index in [1.807, 2.05) is 17.3 Å². The number of nitrogens with zero attached hydrogens (tertiary/aromatic N) is 4. The summed E-state index contributed by atoms with van der Waals surface area (Å²) in [6.45, 7) is 5.50. The number of hydrogen-bond donors (Lipinski definition) is 0. The summed E-state index contributed by atoms with van der Waals surface area (Å²) in [5.41, 5.74) is 1.03. The van der Waals surface area contributed by atoms with E-state index in [1.54, 1.807) is 6.92 Å². The van der Waals surface area contributed by atoms with Gasteiger partial charge in [0.25, 0.3) is 0 Å². The number of carbonyl (C=O) groups is 1. The first-order valence-electron chi connectivity index (χ1n) is 8.56. The zero-order valence-electron chi connectivity index (χ0n) is 13.5. The van der Waals surface area contributed by atoms with Crippen LogP contribution in [-0.4, -0.2) is 47.0 Å². The summed E-state index contributed by atoms with van der Waals surface area (Å²) in [4.78, 5) is 25.1. The predicted molar refractivity (Wildman–Crippen MR) is 86.9 cm³/mol. The van der Waals surface area contributed by atoms with Crippen molar-refractivity contribution in [1.82, 2.24) is 14.9 Å². The SMILES string of the molecule is CC(=O)N1CCCC(c2cnc(N3CCCCCC3)cn2)C1. The highest BCUT2D eigenvalue weighted by molar-refractivity contribution is 5.73. The number of likely N-dealkylation sites (tertiary alicyclic amines) is 1. The monoisotopic (exact) mass is 302 g/mol. The van der Waals surface area contributed by atoms with Crippen LogP contribution in [0.5, 0.6) is 0 Å². The van der Waals surface area contributed by atoms with Crippen LogP contribution in [0.15, 0.2) is 12.4 Å². The molecule has 0 bridgehead atoms. The molecule has 2 saturated heterocycles. The summed E-state index contributed by atoms with van der Waals surface area (Å²) in [7, 11) is 0. The number of hydrogen-bond acceptors (Lipinski definition) is 4. The molecule has 0 aliphatic carbocycles. The molecule has 0 spiro atoms. The van der Waals surface area contributed by atoms with Crippen LogP contribution in [0.25, 0.3) is 0 Å². The van der Waals surface area contributed by atoms with Gasteiger partial charge < -0.3 is 9.80 Å². The molecule has 1 aromatic rings. The van der Waals surface area contributed by atoms with Crippen molar-refractivity contribution in [3.05, 3.63) is 18.1 Å². The molecule has 120 valence electrons. The average Bonchev–Trinajstić information content (AvgIpc) is 2.84. The molecule has 2 fully saturated rings. The molecular weight excluding hydrogens is 276 g/mol. The topological polar surface area (TPSA) is 49.3 Å². The van der Waals surface area contributed by atoms with Crippen LogP contribution in [0.4, 0.5) is 5.82 Å². The third-order valence-corrected chi connectivity index (χ3v) is 4.87. The van der Waals surface area contributed by atoms with E-state index in [9.17, 15) is 4.79 Å². The van der Waals surface area contributed by atoms with Gasteiger partial charge in [-0.3, -0.25) is 9.78 Å². The van der Waals surface area contributed by atoms with Crippen LogP contribution < -0.4 is 4.90 Å². The minimum Gasteiger partial charge on any atom is -0.355 e. The van der Waals surface area contributed by atoms with E-state index in [4.69, 9.17) is 0 Å². The third-order valence-electron chi connectivity index (χ3n) is 4.87. The van der Waals surface area contributed by atoms with Crippen LogP contribution in [0.2, 0.25) is 0 Å². The average molecular weight is 302 g/mol. The van der Waals surface area contributed by atoms with Crippen LogP contribution in [0.1, 0.15) is 57.1 Å². The minimum atomic E-state index is 0.166. The lowest BCUT2D eigenvalue weighted by molar-refractivity contribution is -0.130. The number of carbonyl (C=O) groups excluding carboxylic acids is 1. The summed E-state index contributed by atoms with van der Waals surface area (Å²) in [6, 6.07) is 0. The van der Waals surface area contributed by atoms with Gasteiger partial charge in [0.05, 0.1) is 18.1 Å². The zero-order chi connectivity index (χ0) is 15.4. The minimum absolute atomic E-state index is 0.166. The molecule has 0 radical (unpaired) electrons. The lowest BCUT2D eigenvalue weighted by atomic mass is 9.95. The first kappa shape index (κ1) is 15.3. The van der Waals surface area contributed by atoms with Crippen LogP contribution in [-0.2, 0) is 4.79 Å². The first-order valence-corrected chi connectivity index (χ1v) is 8.56. The lowest BCUT2D eigenvalue weighted by Crippen LogP contribution is -2.37. The van der Waals surface area contributed by atoms with Gasteiger partial charge in [-0.15, -0.1) is 0 Å². The zero-order valence-corrected chi connectivity index (χ0v) is 13.5. The maximum Gasteiger partial charge on any atom is 0.219 e. The second-order valence-corrected chi connectivity index (χ2v) is 6.50. The maximum absolute atomic E-state index is 11.6. The van der Waals surface area contributed by atoms with Crippen molar-refractivity contribution in [2.45, 2.75) is 51.4 Å². The van der Waals surface area contributed by atoms with Crippen LogP contribution >= 0.6 is 0 Å². The summed E-state index contributed by atoms with van der Waals surface area (Å²) in [5, 5.41) is 0. The molecular formula is C17H26N4O. The van der Waals surface area contributed by atoms with Gasteiger partial charge in [-0.2, -0.15) is 0 Å². The van der Waals surface area contributed by atoms with Gasteiger partial charge in [0.15, 0.2) is 0 Å². The van der Waals surface area contributed by atoms with Gasteiger partial charge in [0, 0.05) is 39.0 Å². The van der Waals surface area contributed by atoms with E-state index in [2.05, 4.69) is 14.9 Å². The third kappa shape index (κ3) is 3.57. The Morgan fingerprint density at radius 2 is 1.82 bits per heavy atom. The fourth-order valence-corrected chi connectivity index (χ4v) is 3.51. The van der Waals surface area contributed by atoms with E-state index < -0.39 is 0 Å². The van der Waals surface area contributed by atoms with Crippen molar-refractivity contribution < 1.29 is 4.79 Å². The molecule has 2 aliphatic heterocycles. The fraction of sp³-hybridized carbons (Fsp3) is 0.706. The predicted octanol–water partition coefficient (Wildman–Crippen LogP) is 2.58. The Kier molecular flexibility index (Phi) is 4.90. The largest absolute Gasteiger partial charge is 0.355 e. The van der Waals surface area contributed by atoms with E-state index in [-0.39, 0.29) is 5.91 Å². The van der Waals surface area contributed by atoms with Crippen molar-refractivity contribution >= 4 is 11.7 Å². The van der Waals surface area contributed by atoms with E-state index in [1.165, 1.54) is 25.7 Å². The summed E-state index contributed by atoms with van der Waals surface area (Å²) in [6.07, 6.45) is 11.2. The van der Waals surface area contributed by atoms with Crippen molar-refractivity contribution in [3.8, 4) is 0 Å². The number of piperidine rings is 1. The van der Waals surface area contributed by atoms with Crippen LogP contribution in [0, 0.1) is 0 Å². The Bertz CT molecular complexity index is 494. The van der Waals surface area contributed by atoms with Crippen molar-refractivity contribution in [3.63, 3.8) is 0 Å². The number of rotatable bonds is 2. The Balaban J connectivity index is 1.66. The maximum atomic E-state index is 11.6. The molecule has 3 rings (SSSR count). The van der Waals surface area contributed by atoms with Crippen molar-refractivity contribution in [2.75, 3.05) is 31.1 Å². The normalized spacial score (nSPS) is 23.2. The van der Waals surface area contributed by atoms with Crippen LogP contribution in [0.3, 0.4) is 0 Å². The molecule has 1 atom stereocenters. The van der Waals surface area contributed by atoms with E-state index in [0.717, 1.165) is 50.5 Å². The Morgan fingerprint density at radius 1 is 1.05 bits per heavy atom. The molecule has 22 heavy (non-hydrogen) atoms. The molecule has 0 N–H and O–H groups in total. The Morgan fingerprint density at radius 3 is 2.45 bits per heavy atom. The van der Waals surface area contributed by atoms with Gasteiger partial charge in [-0.1, -0.05) is 12.8 Å². The highest BCUT2D eigenvalue weighted by atomic mass is 16.2. The fourth-order valence-electron chi connectivity index (χ4n) is 3.51. The van der Waals surface area contributed by atoms with Crippen molar-refractivity contribution in [2.24, 2.45) is 0 Å². The second kappa shape index (κ2) is 7.07. The highest BCUT2D eigenvalue weighted by Crippen LogP contribution is 2.26. The number of amides is 1. The van der Waals surface area contributed by atoms with Gasteiger partial charge in [0.2, 0.25) is 5.91 Å². The van der Waals surface area contributed by atoms with E-state index >= 15 is 0 Å². The van der Waals surface area contributed by atoms with Gasteiger partial charge in [-0.25, -0.2) is 4.98 Å². The Hall–Kier alpha value is -1.65. The summed E-state index contributed by atoms with van der Waals surface area (Å²) < 4.78 is 0. The second-order valence-electron chi connectivity index (χ2n) is 6.50. The molecule has 5 nitrogen and oxygen atoms in total. The molecule has 1 unspecified atom stereocenters. The van der Waals surface area contributed by atoms with Crippen molar-refractivity contribution in [1.29, 1.82) is 0 Å². The summed E-state index contributed by atoms with van der Waals surface area (Å²) in [5.74, 6) is 1.51. The molecule has 2 aliphatic rings. The number of anilines is 1. The Labute approximate surface area is 132 Å². The van der Waals surface area contributed by atoms with Gasteiger partial charge in [0.1, 0.15) is 5.82 Å². The quantitative estimate of drug-likeness (QED) is 0.842. The van der Waals surface area contributed by atoms with E-state index in [0.29, 0.717) is 5.92 Å². The molecule has 0 saturated carbocycles. The highest BCUT2D eigenvalue weighted by Gasteiger charge is 2.24. The van der Waals surface area contributed by atoms with Gasteiger partial charge in [-0.05, 0) is 25.7 Å². The first-order chi connectivity index (χ1) is 10.7. The molecule has 5 heteroatoms. The van der Waals surface area contributed by atoms with Gasteiger partial charge >= 0.3 is 0 Å². The molecule has 1 amide bonds. The summed E-state index contributed by atoms with van der Waals surface area (Å²) >= 11 is 0. The molecule has 1 aromatic heterocycles. The lowest BCUT2D eigenvalue weighted by Gasteiger charge is -2.31. The molecule has 0 aromatic carbocycles. The smallest absolute Gasteiger partial charge is 0.219 e. The molecule has 3 heterocycles. The standard InChI is InChI=1S/C17H26N4O/c1-14(22)21-10-6-7-15(13-21)16-11-19-17(12-18-16)20-8-4-2-3-5-9-20/h11-12,15H,2-10,13H2,1H3.